The molecule has 0 aromatic rings. The maximum absolute atomic E-state index is 10.2. The van der Waals surface area contributed by atoms with Crippen molar-refractivity contribution in [1.29, 1.82) is 0 Å². The fourth-order valence-corrected chi connectivity index (χ4v) is 3.00. The summed E-state index contributed by atoms with van der Waals surface area (Å²) in [6.45, 7) is 0.656. The minimum Gasteiger partial charge on any atom is -0.450 e. The molecule has 154 valence electrons. The Bertz CT molecular complexity index is 300. The first-order valence-corrected chi connectivity index (χ1v) is 10.3. The summed E-state index contributed by atoms with van der Waals surface area (Å²) >= 11 is 0. The van der Waals surface area contributed by atoms with E-state index in [2.05, 4.69) is 9.47 Å². The summed E-state index contributed by atoms with van der Waals surface area (Å²) in [5.74, 6) is 0. The van der Waals surface area contributed by atoms with Gasteiger partial charge < -0.3 is 19.7 Å². The summed E-state index contributed by atoms with van der Waals surface area (Å²) in [6, 6.07) is 0. The van der Waals surface area contributed by atoms with Crippen molar-refractivity contribution in [2.24, 2.45) is 0 Å². The molecule has 6 heteroatoms. The van der Waals surface area contributed by atoms with E-state index in [1.165, 1.54) is 77.0 Å². The maximum Gasteiger partial charge on any atom is 0.505 e. The maximum atomic E-state index is 10.2. The summed E-state index contributed by atoms with van der Waals surface area (Å²) < 4.78 is 8.94. The van der Waals surface area contributed by atoms with Crippen LogP contribution in [0.5, 0.6) is 0 Å². The van der Waals surface area contributed by atoms with E-state index in [0.717, 1.165) is 25.7 Å². The second-order valence-corrected chi connectivity index (χ2v) is 6.89. The Balaban J connectivity index is 3.01. The standard InChI is InChI=1S/C20H38O6/c21-19(22)25-17-15-13-11-9-7-5-3-1-2-4-6-8-10-12-14-16-18-26-20(23)24/h1-18H2,(H,21,22)(H,23,24). The first-order chi connectivity index (χ1) is 12.6. The summed E-state index contributed by atoms with van der Waals surface area (Å²) in [7, 11) is 0. The normalized spacial score (nSPS) is 10.6. The van der Waals surface area contributed by atoms with Crippen LogP contribution in [0, 0.1) is 0 Å². The van der Waals surface area contributed by atoms with Crippen LogP contribution < -0.4 is 0 Å². The van der Waals surface area contributed by atoms with Gasteiger partial charge >= 0.3 is 12.3 Å². The largest absolute Gasteiger partial charge is 0.505 e. The van der Waals surface area contributed by atoms with Crippen LogP contribution in [0.2, 0.25) is 0 Å². The molecule has 0 rings (SSSR count). The molecular formula is C20H38O6. The Hall–Kier alpha value is -1.46. The molecule has 6 nitrogen and oxygen atoms in total. The molecule has 26 heavy (non-hydrogen) atoms. The van der Waals surface area contributed by atoms with Crippen LogP contribution in [0.4, 0.5) is 9.59 Å². The zero-order valence-corrected chi connectivity index (χ0v) is 16.3. The highest BCUT2D eigenvalue weighted by Crippen LogP contribution is 2.13. The quantitative estimate of drug-likeness (QED) is 0.195. The monoisotopic (exact) mass is 374 g/mol. The number of rotatable bonds is 19. The lowest BCUT2D eigenvalue weighted by molar-refractivity contribution is 0.0887. The molecular weight excluding hydrogens is 336 g/mol. The first kappa shape index (κ1) is 24.5. The van der Waals surface area contributed by atoms with Crippen molar-refractivity contribution in [1.82, 2.24) is 0 Å². The molecule has 0 saturated carbocycles. The summed E-state index contributed by atoms with van der Waals surface area (Å²) in [5, 5.41) is 16.7. The third-order valence-electron chi connectivity index (χ3n) is 4.49. The molecule has 0 amide bonds. The Morgan fingerprint density at radius 2 is 0.615 bits per heavy atom. The highest BCUT2D eigenvalue weighted by Gasteiger charge is 1.98. The Morgan fingerprint density at radius 1 is 0.423 bits per heavy atom. The highest BCUT2D eigenvalue weighted by molar-refractivity contribution is 5.56. The molecule has 0 spiro atoms. The Labute approximate surface area is 158 Å². The third-order valence-corrected chi connectivity index (χ3v) is 4.49. The molecule has 0 aliphatic carbocycles. The summed E-state index contributed by atoms with van der Waals surface area (Å²) in [4.78, 5) is 20.3. The molecule has 0 saturated heterocycles. The predicted molar refractivity (Wildman–Crippen MR) is 102 cm³/mol. The van der Waals surface area contributed by atoms with Crippen molar-refractivity contribution in [2.75, 3.05) is 13.2 Å². The van der Waals surface area contributed by atoms with Crippen molar-refractivity contribution in [3.8, 4) is 0 Å². The zero-order valence-electron chi connectivity index (χ0n) is 16.3. The van der Waals surface area contributed by atoms with Gasteiger partial charge in [-0.3, -0.25) is 0 Å². The number of hydrogen-bond acceptors (Lipinski definition) is 4. The van der Waals surface area contributed by atoms with Crippen LogP contribution in [0.15, 0.2) is 0 Å². The first-order valence-electron chi connectivity index (χ1n) is 10.3. The van der Waals surface area contributed by atoms with Gasteiger partial charge in [0.05, 0.1) is 13.2 Å². The minimum absolute atomic E-state index is 0.328. The fourth-order valence-electron chi connectivity index (χ4n) is 3.00. The van der Waals surface area contributed by atoms with Crippen molar-refractivity contribution in [3.05, 3.63) is 0 Å². The van der Waals surface area contributed by atoms with E-state index < -0.39 is 12.3 Å². The van der Waals surface area contributed by atoms with Crippen molar-refractivity contribution >= 4 is 12.3 Å². The van der Waals surface area contributed by atoms with Gasteiger partial charge in [-0.25, -0.2) is 9.59 Å². The number of carbonyl (C=O) groups is 2. The summed E-state index contributed by atoms with van der Waals surface area (Å²) in [5.41, 5.74) is 0. The van der Waals surface area contributed by atoms with Gasteiger partial charge in [-0.2, -0.15) is 0 Å². The second-order valence-electron chi connectivity index (χ2n) is 6.89. The van der Waals surface area contributed by atoms with E-state index in [1.54, 1.807) is 0 Å². The lowest BCUT2D eigenvalue weighted by Gasteiger charge is -2.04. The number of unbranched alkanes of at least 4 members (excludes halogenated alkanes) is 15. The van der Waals surface area contributed by atoms with E-state index in [-0.39, 0.29) is 0 Å². The van der Waals surface area contributed by atoms with Gasteiger partial charge in [0.15, 0.2) is 0 Å². The summed E-state index contributed by atoms with van der Waals surface area (Å²) in [6.07, 6.45) is 16.8. The Kier molecular flexibility index (Phi) is 18.7. The average molecular weight is 375 g/mol. The zero-order chi connectivity index (χ0) is 19.3. The van der Waals surface area contributed by atoms with Gasteiger partial charge in [-0.1, -0.05) is 89.9 Å². The molecule has 0 fully saturated rings. The topological polar surface area (TPSA) is 93.1 Å². The van der Waals surface area contributed by atoms with Crippen LogP contribution in [0.3, 0.4) is 0 Å². The van der Waals surface area contributed by atoms with Crippen LogP contribution in [-0.2, 0) is 9.47 Å². The van der Waals surface area contributed by atoms with Crippen LogP contribution in [0.1, 0.15) is 103 Å². The average Bonchev–Trinajstić information content (AvgIpc) is 2.59. The Morgan fingerprint density at radius 3 is 0.808 bits per heavy atom. The molecule has 0 aromatic carbocycles. The second kappa shape index (κ2) is 19.9. The van der Waals surface area contributed by atoms with E-state index in [4.69, 9.17) is 10.2 Å². The molecule has 0 aliphatic heterocycles. The molecule has 0 unspecified atom stereocenters. The molecule has 0 atom stereocenters. The van der Waals surface area contributed by atoms with E-state index in [1.807, 2.05) is 0 Å². The van der Waals surface area contributed by atoms with Gasteiger partial charge in [0.1, 0.15) is 0 Å². The van der Waals surface area contributed by atoms with Crippen molar-refractivity contribution < 1.29 is 29.3 Å². The SMILES string of the molecule is O=C(O)OCCCCCCCCCCCCCCCCCCOC(=O)O. The van der Waals surface area contributed by atoms with E-state index in [9.17, 15) is 9.59 Å². The lowest BCUT2D eigenvalue weighted by Crippen LogP contribution is -2.01. The number of carboxylic acid groups (broad SMARTS) is 2. The van der Waals surface area contributed by atoms with Crippen LogP contribution in [-0.4, -0.2) is 35.7 Å². The minimum atomic E-state index is -1.17. The lowest BCUT2D eigenvalue weighted by atomic mass is 10.0. The van der Waals surface area contributed by atoms with Gasteiger partial charge in [0.2, 0.25) is 0 Å². The van der Waals surface area contributed by atoms with Crippen LogP contribution >= 0.6 is 0 Å². The fraction of sp³-hybridized carbons (Fsp3) is 0.900. The smallest absolute Gasteiger partial charge is 0.450 e. The molecule has 0 aromatic heterocycles. The molecule has 0 aliphatic rings. The van der Waals surface area contributed by atoms with Crippen LogP contribution in [0.25, 0.3) is 0 Å². The van der Waals surface area contributed by atoms with E-state index in [0.29, 0.717) is 13.2 Å². The molecule has 0 heterocycles. The van der Waals surface area contributed by atoms with Gasteiger partial charge in [0, 0.05) is 0 Å². The number of ether oxygens (including phenoxy) is 2. The number of hydrogen-bond donors (Lipinski definition) is 2. The molecule has 2 N–H and O–H groups in total. The van der Waals surface area contributed by atoms with Crippen molar-refractivity contribution in [2.45, 2.75) is 103 Å². The van der Waals surface area contributed by atoms with Gasteiger partial charge in [0.25, 0.3) is 0 Å². The van der Waals surface area contributed by atoms with E-state index >= 15 is 0 Å². The highest BCUT2D eigenvalue weighted by atomic mass is 16.7. The third kappa shape index (κ3) is 22.5. The van der Waals surface area contributed by atoms with Gasteiger partial charge in [-0.05, 0) is 12.8 Å². The van der Waals surface area contributed by atoms with Crippen molar-refractivity contribution in [3.63, 3.8) is 0 Å². The van der Waals surface area contributed by atoms with Gasteiger partial charge in [-0.15, -0.1) is 0 Å². The molecule has 0 bridgehead atoms. The predicted octanol–water partition coefficient (Wildman–Crippen LogP) is 6.62. The molecule has 0 radical (unpaired) electrons.